The van der Waals surface area contributed by atoms with Crippen molar-refractivity contribution in [2.45, 2.75) is 71.9 Å². The highest BCUT2D eigenvalue weighted by Crippen LogP contribution is 2.40. The number of benzene rings is 1. The smallest absolute Gasteiger partial charge is 0.258 e. The van der Waals surface area contributed by atoms with Gasteiger partial charge in [0, 0.05) is 31.7 Å². The van der Waals surface area contributed by atoms with Crippen LogP contribution in [0.1, 0.15) is 70.2 Å². The number of hydrogen-bond acceptors (Lipinski definition) is 7. The summed E-state index contributed by atoms with van der Waals surface area (Å²) in [5.74, 6) is 1.35. The van der Waals surface area contributed by atoms with Crippen LogP contribution in [-0.4, -0.2) is 83.6 Å². The van der Waals surface area contributed by atoms with E-state index >= 15 is 0 Å². The Morgan fingerprint density at radius 2 is 1.82 bits per heavy atom. The summed E-state index contributed by atoms with van der Waals surface area (Å²) in [7, 11) is 0. The zero-order valence-corrected chi connectivity index (χ0v) is 24.5. The van der Waals surface area contributed by atoms with Crippen molar-refractivity contribution in [2.24, 2.45) is 11.3 Å². The number of aromatic nitrogens is 2. The van der Waals surface area contributed by atoms with Crippen LogP contribution in [0.25, 0.3) is 0 Å². The van der Waals surface area contributed by atoms with Crippen molar-refractivity contribution in [1.82, 2.24) is 25.1 Å². The third kappa shape index (κ3) is 6.41. The van der Waals surface area contributed by atoms with E-state index in [0.29, 0.717) is 22.8 Å². The molecule has 9 heteroatoms. The summed E-state index contributed by atoms with van der Waals surface area (Å²) in [4.78, 5) is 28.9. The molecule has 3 saturated heterocycles. The molecular weight excluding hydrogens is 507 g/mol. The van der Waals surface area contributed by atoms with Crippen molar-refractivity contribution in [3.8, 4) is 11.5 Å². The van der Waals surface area contributed by atoms with Crippen molar-refractivity contribution < 1.29 is 13.9 Å². The molecule has 1 aromatic carbocycles. The van der Waals surface area contributed by atoms with E-state index in [1.165, 1.54) is 76.4 Å². The minimum atomic E-state index is -0.473. The number of likely N-dealkylation sites (tertiary alicyclic amines) is 1. The summed E-state index contributed by atoms with van der Waals surface area (Å²) in [6, 6.07) is 4.04. The number of nitrogens with zero attached hydrogens (tertiary/aromatic N) is 5. The third-order valence-electron chi connectivity index (χ3n) is 9.08. The molecule has 0 aliphatic carbocycles. The maximum Gasteiger partial charge on any atom is 0.258 e. The van der Waals surface area contributed by atoms with Crippen LogP contribution < -0.4 is 15.0 Å². The predicted octanol–water partition coefficient (Wildman–Crippen LogP) is 4.96. The zero-order valence-electron chi connectivity index (χ0n) is 24.5. The van der Waals surface area contributed by atoms with Crippen LogP contribution in [0.2, 0.25) is 0 Å². The van der Waals surface area contributed by atoms with Crippen LogP contribution in [0, 0.1) is 17.2 Å². The molecule has 0 bridgehead atoms. The van der Waals surface area contributed by atoms with Crippen LogP contribution in [0.15, 0.2) is 30.7 Å². The molecule has 3 aliphatic heterocycles. The fourth-order valence-corrected chi connectivity index (χ4v) is 6.91. The Balaban J connectivity index is 1.26. The number of ether oxygens (including phenoxy) is 1. The second kappa shape index (κ2) is 12.4. The first-order valence-electron chi connectivity index (χ1n) is 15.0. The molecule has 3 aliphatic rings. The topological polar surface area (TPSA) is 73.8 Å². The van der Waals surface area contributed by atoms with Gasteiger partial charge in [-0.05, 0) is 116 Å². The van der Waals surface area contributed by atoms with Gasteiger partial charge in [0.15, 0.2) is 11.6 Å². The lowest BCUT2D eigenvalue weighted by molar-refractivity contribution is 0.0640. The van der Waals surface area contributed by atoms with Crippen LogP contribution in [0.5, 0.6) is 11.5 Å². The predicted molar refractivity (Wildman–Crippen MR) is 155 cm³/mol. The van der Waals surface area contributed by atoms with Crippen LogP contribution >= 0.6 is 0 Å². The molecule has 1 amide bonds. The molecule has 218 valence electrons. The Bertz CT molecular complexity index is 1150. The van der Waals surface area contributed by atoms with Gasteiger partial charge in [0.1, 0.15) is 17.9 Å². The Kier molecular flexibility index (Phi) is 8.90. The molecule has 3 fully saturated rings. The van der Waals surface area contributed by atoms with Crippen LogP contribution in [0.4, 0.5) is 10.2 Å². The van der Waals surface area contributed by atoms with E-state index in [1.54, 1.807) is 11.1 Å². The largest absolute Gasteiger partial charge is 0.451 e. The van der Waals surface area contributed by atoms with Gasteiger partial charge in [-0.25, -0.2) is 14.4 Å². The van der Waals surface area contributed by atoms with Gasteiger partial charge in [0.25, 0.3) is 5.91 Å². The summed E-state index contributed by atoms with van der Waals surface area (Å²) < 4.78 is 20.6. The number of piperidine rings is 2. The molecule has 5 rings (SSSR count). The van der Waals surface area contributed by atoms with Gasteiger partial charge in [-0.15, -0.1) is 0 Å². The molecule has 0 unspecified atom stereocenters. The summed E-state index contributed by atoms with van der Waals surface area (Å²) in [6.45, 7) is 15.5. The SMILES string of the molecule is CC(C)N(C(=O)c1cc(F)ccc1Oc1cncnc1N1CC[C@@H](CN2CCC3(CCNCC3)CC2)C1)C(C)C. The lowest BCUT2D eigenvalue weighted by Crippen LogP contribution is -2.46. The van der Waals surface area contributed by atoms with Crippen molar-refractivity contribution >= 4 is 11.7 Å². The molecule has 1 atom stereocenters. The standard InChI is InChI=1S/C31H45FN6O2/c1-22(2)38(23(3)4)30(39)26-17-25(32)5-6-27(26)40-28-18-34-21-35-29(28)37-14-7-24(20-37)19-36-15-10-31(11-16-36)8-12-33-13-9-31/h5-6,17-18,21-24,33H,7-16,19-20H2,1-4H3/t24-/m0/s1. The van der Waals surface area contributed by atoms with Gasteiger partial charge in [-0.1, -0.05) is 0 Å². The molecule has 8 nitrogen and oxygen atoms in total. The van der Waals surface area contributed by atoms with E-state index < -0.39 is 5.82 Å². The maximum absolute atomic E-state index is 14.3. The van der Waals surface area contributed by atoms with Crippen LogP contribution in [-0.2, 0) is 0 Å². The van der Waals surface area contributed by atoms with E-state index in [1.807, 2.05) is 27.7 Å². The highest BCUT2D eigenvalue weighted by atomic mass is 19.1. The fraction of sp³-hybridized carbons (Fsp3) is 0.645. The average molecular weight is 553 g/mol. The second-order valence-electron chi connectivity index (χ2n) is 12.5. The molecular formula is C31H45FN6O2. The molecule has 1 aromatic heterocycles. The van der Waals surface area contributed by atoms with Crippen molar-refractivity contribution in [2.75, 3.05) is 50.7 Å². The lowest BCUT2D eigenvalue weighted by Gasteiger charge is -2.45. The van der Waals surface area contributed by atoms with Gasteiger partial charge < -0.3 is 24.8 Å². The monoisotopic (exact) mass is 552 g/mol. The number of amides is 1. The Morgan fingerprint density at radius 1 is 1.10 bits per heavy atom. The molecule has 0 radical (unpaired) electrons. The van der Waals surface area contributed by atoms with Crippen molar-refractivity contribution in [3.05, 3.63) is 42.1 Å². The van der Waals surface area contributed by atoms with E-state index in [9.17, 15) is 9.18 Å². The number of halogens is 1. The number of carbonyl (C=O) groups excluding carboxylic acids is 1. The first kappa shape index (κ1) is 28.7. The minimum Gasteiger partial charge on any atom is -0.451 e. The molecule has 40 heavy (non-hydrogen) atoms. The molecule has 4 heterocycles. The molecule has 2 aromatic rings. The van der Waals surface area contributed by atoms with E-state index in [0.717, 1.165) is 31.9 Å². The number of rotatable bonds is 8. The number of anilines is 1. The van der Waals surface area contributed by atoms with Crippen molar-refractivity contribution in [1.29, 1.82) is 0 Å². The van der Waals surface area contributed by atoms with E-state index in [2.05, 4.69) is 25.1 Å². The maximum atomic E-state index is 14.3. The fourth-order valence-electron chi connectivity index (χ4n) is 6.91. The van der Waals surface area contributed by atoms with E-state index in [-0.39, 0.29) is 23.6 Å². The lowest BCUT2D eigenvalue weighted by atomic mass is 9.71. The highest BCUT2D eigenvalue weighted by molar-refractivity contribution is 5.97. The summed E-state index contributed by atoms with van der Waals surface area (Å²) in [5.41, 5.74) is 0.770. The Morgan fingerprint density at radius 3 is 2.52 bits per heavy atom. The van der Waals surface area contributed by atoms with Gasteiger partial charge >= 0.3 is 0 Å². The van der Waals surface area contributed by atoms with Crippen LogP contribution in [0.3, 0.4) is 0 Å². The highest BCUT2D eigenvalue weighted by Gasteiger charge is 2.37. The Hall–Kier alpha value is -2.78. The van der Waals surface area contributed by atoms with Gasteiger partial charge in [0.2, 0.25) is 0 Å². The number of hydrogen-bond donors (Lipinski definition) is 1. The average Bonchev–Trinajstić information content (AvgIpc) is 3.40. The van der Waals surface area contributed by atoms with Gasteiger partial charge in [0.05, 0.1) is 11.8 Å². The van der Waals surface area contributed by atoms with Crippen molar-refractivity contribution in [3.63, 3.8) is 0 Å². The van der Waals surface area contributed by atoms with Gasteiger partial charge in [-0.2, -0.15) is 0 Å². The normalized spacial score (nSPS) is 21.4. The second-order valence-corrected chi connectivity index (χ2v) is 12.5. The quantitative estimate of drug-likeness (QED) is 0.496. The zero-order chi connectivity index (χ0) is 28.3. The number of carbonyl (C=O) groups is 1. The molecule has 0 saturated carbocycles. The minimum absolute atomic E-state index is 0.0362. The first-order valence-corrected chi connectivity index (χ1v) is 15.0. The number of nitrogens with one attached hydrogen (secondary N) is 1. The molecule has 1 N–H and O–H groups in total. The van der Waals surface area contributed by atoms with E-state index in [4.69, 9.17) is 4.74 Å². The third-order valence-corrected chi connectivity index (χ3v) is 9.08. The summed E-state index contributed by atoms with van der Waals surface area (Å²) in [5, 5.41) is 3.52. The summed E-state index contributed by atoms with van der Waals surface area (Å²) >= 11 is 0. The summed E-state index contributed by atoms with van der Waals surface area (Å²) in [6.07, 6.45) is 9.56. The molecule has 1 spiro atoms. The Labute approximate surface area is 238 Å². The first-order chi connectivity index (χ1) is 19.2. The van der Waals surface area contributed by atoms with Gasteiger partial charge in [-0.3, -0.25) is 4.79 Å².